The first kappa shape index (κ1) is 19.2. The molecule has 0 saturated heterocycles. The average molecular weight is 401 g/mol. The predicted octanol–water partition coefficient (Wildman–Crippen LogP) is 4.21. The van der Waals surface area contributed by atoms with Crippen molar-refractivity contribution in [2.45, 2.75) is 0 Å². The van der Waals surface area contributed by atoms with Gasteiger partial charge in [-0.1, -0.05) is 30.3 Å². The number of amides is 1. The molecule has 0 spiro atoms. The van der Waals surface area contributed by atoms with Crippen LogP contribution in [-0.2, 0) is 0 Å². The van der Waals surface area contributed by atoms with Gasteiger partial charge in [0.25, 0.3) is 0 Å². The van der Waals surface area contributed by atoms with E-state index in [2.05, 4.69) is 9.97 Å². The van der Waals surface area contributed by atoms with Crippen LogP contribution in [-0.4, -0.2) is 30.1 Å². The molecule has 0 aliphatic heterocycles. The number of carbonyl (C=O) groups excluding carboxylic acids is 1. The second-order valence-corrected chi connectivity index (χ2v) is 6.43. The van der Waals surface area contributed by atoms with Crippen molar-refractivity contribution >= 4 is 16.8 Å². The van der Waals surface area contributed by atoms with Crippen LogP contribution in [0.3, 0.4) is 0 Å². The molecule has 0 saturated carbocycles. The van der Waals surface area contributed by atoms with Crippen molar-refractivity contribution in [1.29, 1.82) is 0 Å². The molecule has 4 aromatic rings. The Morgan fingerprint density at radius 2 is 1.53 bits per heavy atom. The number of nitrogens with two attached hydrogens (primary N) is 1. The molecule has 1 amide bonds. The van der Waals surface area contributed by atoms with E-state index in [1.807, 2.05) is 30.3 Å². The zero-order valence-corrected chi connectivity index (χ0v) is 16.5. The Labute approximate surface area is 173 Å². The Morgan fingerprint density at radius 1 is 0.867 bits per heavy atom. The molecule has 0 unspecified atom stereocenters. The number of aromatic nitrogens is 2. The van der Waals surface area contributed by atoms with Crippen LogP contribution in [0, 0.1) is 0 Å². The van der Waals surface area contributed by atoms with E-state index in [-0.39, 0.29) is 0 Å². The SMILES string of the molecule is COc1cc2nc(-c3ccccc3)nc(Oc3ccc(C(N)=O)cc3)c2cc1OC. The van der Waals surface area contributed by atoms with Gasteiger partial charge in [-0.2, -0.15) is 4.98 Å². The van der Waals surface area contributed by atoms with Gasteiger partial charge in [-0.25, -0.2) is 4.98 Å². The average Bonchev–Trinajstić information content (AvgIpc) is 2.79. The minimum Gasteiger partial charge on any atom is -0.493 e. The van der Waals surface area contributed by atoms with Crippen LogP contribution in [0.25, 0.3) is 22.3 Å². The molecule has 1 heterocycles. The Balaban J connectivity index is 1.87. The number of methoxy groups -OCH3 is 2. The highest BCUT2D eigenvalue weighted by Crippen LogP contribution is 2.37. The molecule has 3 aromatic carbocycles. The molecular formula is C23H19N3O4. The van der Waals surface area contributed by atoms with Gasteiger partial charge in [-0.3, -0.25) is 4.79 Å². The summed E-state index contributed by atoms with van der Waals surface area (Å²) in [6.07, 6.45) is 0. The van der Waals surface area contributed by atoms with E-state index in [0.29, 0.717) is 45.4 Å². The number of benzene rings is 3. The van der Waals surface area contributed by atoms with Crippen LogP contribution in [0.1, 0.15) is 10.4 Å². The molecule has 150 valence electrons. The maximum Gasteiger partial charge on any atom is 0.248 e. The third-order valence-electron chi connectivity index (χ3n) is 4.55. The molecule has 0 atom stereocenters. The number of rotatable bonds is 6. The second kappa shape index (κ2) is 8.08. The Kier molecular flexibility index (Phi) is 5.17. The van der Waals surface area contributed by atoms with E-state index in [1.54, 1.807) is 50.6 Å². The maximum atomic E-state index is 11.3. The van der Waals surface area contributed by atoms with Crippen molar-refractivity contribution in [2.75, 3.05) is 14.2 Å². The molecule has 0 bridgehead atoms. The lowest BCUT2D eigenvalue weighted by atomic mass is 10.1. The molecule has 0 aliphatic carbocycles. The summed E-state index contributed by atoms with van der Waals surface area (Å²) in [5.74, 6) is 1.96. The van der Waals surface area contributed by atoms with E-state index in [9.17, 15) is 4.79 Å². The summed E-state index contributed by atoms with van der Waals surface area (Å²) in [5, 5.41) is 0.659. The normalized spacial score (nSPS) is 10.6. The summed E-state index contributed by atoms with van der Waals surface area (Å²) < 4.78 is 16.9. The van der Waals surface area contributed by atoms with Crippen LogP contribution >= 0.6 is 0 Å². The molecule has 0 aliphatic rings. The Bertz CT molecular complexity index is 1210. The largest absolute Gasteiger partial charge is 0.493 e. The maximum absolute atomic E-state index is 11.3. The van der Waals surface area contributed by atoms with Gasteiger partial charge in [-0.15, -0.1) is 0 Å². The summed E-state index contributed by atoms with van der Waals surface area (Å²) in [4.78, 5) is 20.6. The Morgan fingerprint density at radius 3 is 2.17 bits per heavy atom. The third-order valence-corrected chi connectivity index (χ3v) is 4.55. The van der Waals surface area contributed by atoms with Crippen LogP contribution < -0.4 is 19.9 Å². The van der Waals surface area contributed by atoms with Gasteiger partial charge >= 0.3 is 0 Å². The molecule has 4 rings (SSSR count). The highest BCUT2D eigenvalue weighted by molar-refractivity contribution is 5.93. The monoisotopic (exact) mass is 401 g/mol. The fourth-order valence-electron chi connectivity index (χ4n) is 3.02. The van der Waals surface area contributed by atoms with Gasteiger partial charge in [0, 0.05) is 17.2 Å². The second-order valence-electron chi connectivity index (χ2n) is 6.43. The zero-order valence-electron chi connectivity index (χ0n) is 16.5. The molecule has 0 radical (unpaired) electrons. The predicted molar refractivity (Wildman–Crippen MR) is 113 cm³/mol. The van der Waals surface area contributed by atoms with Gasteiger partial charge < -0.3 is 19.9 Å². The first-order valence-electron chi connectivity index (χ1n) is 9.16. The summed E-state index contributed by atoms with van der Waals surface area (Å²) in [6.45, 7) is 0. The van der Waals surface area contributed by atoms with Gasteiger partial charge in [0.2, 0.25) is 11.8 Å². The number of primary amides is 1. The molecule has 7 nitrogen and oxygen atoms in total. The summed E-state index contributed by atoms with van der Waals surface area (Å²) in [7, 11) is 3.13. The molecule has 1 aromatic heterocycles. The van der Waals surface area contributed by atoms with Crippen LogP contribution in [0.5, 0.6) is 23.1 Å². The third kappa shape index (κ3) is 3.73. The zero-order chi connectivity index (χ0) is 21.1. The van der Waals surface area contributed by atoms with Crippen molar-refractivity contribution < 1.29 is 19.0 Å². The Hall–Kier alpha value is -4.13. The highest BCUT2D eigenvalue weighted by atomic mass is 16.5. The first-order valence-corrected chi connectivity index (χ1v) is 9.16. The number of hydrogen-bond acceptors (Lipinski definition) is 6. The molecular weight excluding hydrogens is 382 g/mol. The van der Waals surface area contributed by atoms with Crippen molar-refractivity contribution in [3.8, 4) is 34.5 Å². The topological polar surface area (TPSA) is 96.6 Å². The molecule has 0 fully saturated rings. The van der Waals surface area contributed by atoms with Gasteiger partial charge in [-0.05, 0) is 30.3 Å². The van der Waals surface area contributed by atoms with Crippen LogP contribution in [0.15, 0.2) is 66.7 Å². The number of nitrogens with zero attached hydrogens (tertiary/aromatic N) is 2. The van der Waals surface area contributed by atoms with Crippen molar-refractivity contribution in [3.63, 3.8) is 0 Å². The standard InChI is InChI=1S/C23H19N3O4/c1-28-19-12-17-18(13-20(19)29-2)25-22(15-6-4-3-5-7-15)26-23(17)30-16-10-8-14(9-11-16)21(24)27/h3-13H,1-2H3,(H2,24,27). The molecule has 2 N–H and O–H groups in total. The van der Waals surface area contributed by atoms with Gasteiger partial charge in [0.1, 0.15) is 5.75 Å². The number of carbonyl (C=O) groups is 1. The fraction of sp³-hybridized carbons (Fsp3) is 0.0870. The van der Waals surface area contributed by atoms with Gasteiger partial charge in [0.15, 0.2) is 17.3 Å². The lowest BCUT2D eigenvalue weighted by molar-refractivity contribution is 0.100. The lowest BCUT2D eigenvalue weighted by Gasteiger charge is -2.13. The fourth-order valence-corrected chi connectivity index (χ4v) is 3.02. The summed E-state index contributed by atoms with van der Waals surface area (Å²) in [5.41, 5.74) is 7.20. The molecule has 30 heavy (non-hydrogen) atoms. The van der Waals surface area contributed by atoms with Crippen LogP contribution in [0.4, 0.5) is 0 Å². The summed E-state index contributed by atoms with van der Waals surface area (Å²) in [6, 6.07) is 19.7. The van der Waals surface area contributed by atoms with Crippen molar-refractivity contribution in [3.05, 3.63) is 72.3 Å². The van der Waals surface area contributed by atoms with E-state index >= 15 is 0 Å². The van der Waals surface area contributed by atoms with E-state index < -0.39 is 5.91 Å². The quantitative estimate of drug-likeness (QED) is 0.520. The van der Waals surface area contributed by atoms with E-state index in [0.717, 1.165) is 5.56 Å². The van der Waals surface area contributed by atoms with E-state index in [4.69, 9.17) is 19.9 Å². The minimum absolute atomic E-state index is 0.353. The van der Waals surface area contributed by atoms with Gasteiger partial charge in [0.05, 0.1) is 25.1 Å². The van der Waals surface area contributed by atoms with E-state index in [1.165, 1.54) is 0 Å². The lowest BCUT2D eigenvalue weighted by Crippen LogP contribution is -2.10. The number of fused-ring (bicyclic) bond motifs is 1. The van der Waals surface area contributed by atoms with Crippen molar-refractivity contribution in [2.24, 2.45) is 5.73 Å². The molecule has 7 heteroatoms. The number of ether oxygens (including phenoxy) is 3. The number of hydrogen-bond donors (Lipinski definition) is 1. The first-order chi connectivity index (χ1) is 14.6. The van der Waals surface area contributed by atoms with Crippen molar-refractivity contribution in [1.82, 2.24) is 9.97 Å². The smallest absolute Gasteiger partial charge is 0.248 e. The highest BCUT2D eigenvalue weighted by Gasteiger charge is 2.16. The minimum atomic E-state index is -0.503. The van der Waals surface area contributed by atoms with Crippen LogP contribution in [0.2, 0.25) is 0 Å². The summed E-state index contributed by atoms with van der Waals surface area (Å²) >= 11 is 0.